The lowest BCUT2D eigenvalue weighted by Crippen LogP contribution is -2.47. The third kappa shape index (κ3) is 5.37. The number of thioether (sulfide) groups is 1. The topological polar surface area (TPSA) is 66.5 Å². The second-order valence-corrected chi connectivity index (χ2v) is 9.32. The van der Waals surface area contributed by atoms with Crippen LogP contribution >= 0.6 is 23.4 Å². The van der Waals surface area contributed by atoms with E-state index < -0.39 is 16.1 Å². The summed E-state index contributed by atoms with van der Waals surface area (Å²) in [6, 6.07) is 6.98. The van der Waals surface area contributed by atoms with Crippen molar-refractivity contribution >= 4 is 39.3 Å². The molecule has 0 bridgehead atoms. The zero-order valence-corrected chi connectivity index (χ0v) is 16.1. The molecule has 1 fully saturated rings. The van der Waals surface area contributed by atoms with Crippen molar-refractivity contribution in [3.63, 3.8) is 0 Å². The molecular formula is C16H23ClN2O3S2. The van der Waals surface area contributed by atoms with Crippen LogP contribution in [0.25, 0.3) is 0 Å². The van der Waals surface area contributed by atoms with Gasteiger partial charge in [-0.25, -0.2) is 8.42 Å². The number of carbonyl (C=O) groups excluding carboxylic acids is 1. The Morgan fingerprint density at radius 2 is 2.08 bits per heavy atom. The fourth-order valence-electron chi connectivity index (χ4n) is 2.70. The average molecular weight is 391 g/mol. The van der Waals surface area contributed by atoms with E-state index in [2.05, 4.69) is 5.32 Å². The van der Waals surface area contributed by atoms with Crippen LogP contribution in [0.1, 0.15) is 26.2 Å². The highest BCUT2D eigenvalue weighted by Crippen LogP contribution is 2.22. The van der Waals surface area contributed by atoms with Crippen LogP contribution in [0, 0.1) is 0 Å². The smallest absolute Gasteiger partial charge is 0.238 e. The number of carbonyl (C=O) groups is 1. The van der Waals surface area contributed by atoms with Gasteiger partial charge in [0.05, 0.1) is 5.75 Å². The molecular weight excluding hydrogens is 368 g/mol. The van der Waals surface area contributed by atoms with Crippen LogP contribution in [0.4, 0.5) is 0 Å². The highest BCUT2D eigenvalue weighted by molar-refractivity contribution is 7.99. The fraction of sp³-hybridized carbons (Fsp3) is 0.562. The van der Waals surface area contributed by atoms with Crippen molar-refractivity contribution in [1.82, 2.24) is 9.62 Å². The van der Waals surface area contributed by atoms with Crippen molar-refractivity contribution in [3.8, 4) is 0 Å². The lowest BCUT2D eigenvalue weighted by atomic mass is 10.2. The molecule has 0 saturated carbocycles. The van der Waals surface area contributed by atoms with Crippen molar-refractivity contribution in [2.24, 2.45) is 0 Å². The van der Waals surface area contributed by atoms with Crippen LogP contribution in [0.3, 0.4) is 0 Å². The first-order valence-electron chi connectivity index (χ1n) is 8.09. The Kier molecular flexibility index (Phi) is 7.40. The highest BCUT2D eigenvalue weighted by atomic mass is 35.5. The summed E-state index contributed by atoms with van der Waals surface area (Å²) in [5.74, 6) is 0.634. The van der Waals surface area contributed by atoms with E-state index in [1.54, 1.807) is 11.8 Å². The number of hydrogen-bond donors (Lipinski definition) is 1. The number of nitrogens with one attached hydrogen (secondary N) is 1. The van der Waals surface area contributed by atoms with Crippen LogP contribution < -0.4 is 5.32 Å². The van der Waals surface area contributed by atoms with Gasteiger partial charge in [-0.1, -0.05) is 18.5 Å². The molecule has 1 heterocycles. The van der Waals surface area contributed by atoms with Gasteiger partial charge in [-0.3, -0.25) is 4.79 Å². The minimum absolute atomic E-state index is 0.100. The quantitative estimate of drug-likeness (QED) is 0.547. The zero-order chi connectivity index (χ0) is 17.6. The molecule has 1 aromatic rings. The molecule has 1 atom stereocenters. The van der Waals surface area contributed by atoms with Gasteiger partial charge in [-0.05, 0) is 43.5 Å². The second-order valence-electron chi connectivity index (χ2n) is 5.68. The Hall–Kier alpha value is -0.760. The second kappa shape index (κ2) is 9.08. The molecule has 0 aliphatic carbocycles. The molecule has 5 nitrogen and oxygen atoms in total. The van der Waals surface area contributed by atoms with E-state index in [1.165, 1.54) is 4.31 Å². The Morgan fingerprint density at radius 3 is 2.75 bits per heavy atom. The molecule has 24 heavy (non-hydrogen) atoms. The van der Waals surface area contributed by atoms with Gasteiger partial charge >= 0.3 is 0 Å². The number of rotatable bonds is 8. The van der Waals surface area contributed by atoms with Gasteiger partial charge in [0, 0.05) is 28.8 Å². The van der Waals surface area contributed by atoms with Crippen molar-refractivity contribution in [3.05, 3.63) is 29.3 Å². The Labute approximate surface area is 153 Å². The lowest BCUT2D eigenvalue weighted by Gasteiger charge is -2.23. The van der Waals surface area contributed by atoms with E-state index in [4.69, 9.17) is 11.6 Å². The van der Waals surface area contributed by atoms with Gasteiger partial charge in [0.25, 0.3) is 0 Å². The predicted octanol–water partition coefficient (Wildman–Crippen LogP) is 2.75. The number of hydrogen-bond acceptors (Lipinski definition) is 4. The monoisotopic (exact) mass is 390 g/mol. The Morgan fingerprint density at radius 1 is 1.38 bits per heavy atom. The average Bonchev–Trinajstić information content (AvgIpc) is 3.03. The van der Waals surface area contributed by atoms with Crippen LogP contribution in [0.5, 0.6) is 0 Å². The molecule has 1 saturated heterocycles. The van der Waals surface area contributed by atoms with Crippen molar-refractivity contribution in [2.75, 3.05) is 24.6 Å². The van der Waals surface area contributed by atoms with E-state index >= 15 is 0 Å². The van der Waals surface area contributed by atoms with Crippen LogP contribution in [-0.4, -0.2) is 49.3 Å². The van der Waals surface area contributed by atoms with E-state index in [1.807, 2.05) is 31.2 Å². The van der Waals surface area contributed by atoms with Crippen LogP contribution in [-0.2, 0) is 14.8 Å². The minimum atomic E-state index is -3.33. The summed E-state index contributed by atoms with van der Waals surface area (Å²) >= 11 is 7.46. The normalized spacial score (nSPS) is 18.7. The summed E-state index contributed by atoms with van der Waals surface area (Å²) in [7, 11) is -3.33. The maximum atomic E-state index is 12.3. The van der Waals surface area contributed by atoms with Crippen LogP contribution in [0.2, 0.25) is 5.02 Å². The fourth-order valence-corrected chi connectivity index (χ4v) is 5.34. The number of amides is 1. The number of benzene rings is 1. The zero-order valence-electron chi connectivity index (χ0n) is 13.7. The van der Waals surface area contributed by atoms with Gasteiger partial charge < -0.3 is 5.32 Å². The van der Waals surface area contributed by atoms with Gasteiger partial charge in [-0.15, -0.1) is 11.8 Å². The van der Waals surface area contributed by atoms with Gasteiger partial charge in [0.1, 0.15) is 6.04 Å². The molecule has 0 radical (unpaired) electrons. The summed E-state index contributed by atoms with van der Waals surface area (Å²) in [5, 5.41) is 3.56. The molecule has 1 N–H and O–H groups in total. The largest absolute Gasteiger partial charge is 0.354 e. The summed E-state index contributed by atoms with van der Waals surface area (Å²) in [4.78, 5) is 13.4. The van der Waals surface area contributed by atoms with E-state index in [0.29, 0.717) is 31.0 Å². The van der Waals surface area contributed by atoms with Gasteiger partial charge in [0.15, 0.2) is 0 Å². The Balaban J connectivity index is 1.80. The molecule has 1 unspecified atom stereocenters. The maximum absolute atomic E-state index is 12.3. The third-order valence-corrected chi connectivity index (χ3v) is 7.15. The van der Waals surface area contributed by atoms with E-state index in [9.17, 15) is 13.2 Å². The van der Waals surface area contributed by atoms with Crippen LogP contribution in [0.15, 0.2) is 29.2 Å². The first-order chi connectivity index (χ1) is 11.4. The van der Waals surface area contributed by atoms with Gasteiger partial charge in [-0.2, -0.15) is 4.31 Å². The predicted molar refractivity (Wildman–Crippen MR) is 99.0 cm³/mol. The van der Waals surface area contributed by atoms with E-state index in [0.717, 1.165) is 17.1 Å². The molecule has 1 aliphatic heterocycles. The summed E-state index contributed by atoms with van der Waals surface area (Å²) in [5.41, 5.74) is 0. The van der Waals surface area contributed by atoms with Crippen molar-refractivity contribution in [2.45, 2.75) is 37.1 Å². The molecule has 2 rings (SSSR count). The lowest BCUT2D eigenvalue weighted by molar-refractivity contribution is -0.124. The molecule has 1 aromatic carbocycles. The number of halogens is 1. The standard InChI is InChI=1S/C16H23ClN2O3S2/c1-2-12-24(21,22)19-10-3-4-15(19)16(20)18-9-11-23-14-7-5-13(17)6-8-14/h5-8,15H,2-4,9-12H2,1H3,(H,18,20). The Bertz CT molecular complexity index is 650. The van der Waals surface area contributed by atoms with Gasteiger partial charge in [0.2, 0.25) is 15.9 Å². The summed E-state index contributed by atoms with van der Waals surface area (Å²) in [6.45, 7) is 2.78. The SMILES string of the molecule is CCCS(=O)(=O)N1CCCC1C(=O)NCCSc1ccc(Cl)cc1. The summed E-state index contributed by atoms with van der Waals surface area (Å²) < 4.78 is 25.8. The number of nitrogens with zero attached hydrogens (tertiary/aromatic N) is 1. The molecule has 1 amide bonds. The molecule has 8 heteroatoms. The molecule has 0 aromatic heterocycles. The maximum Gasteiger partial charge on any atom is 0.238 e. The highest BCUT2D eigenvalue weighted by Gasteiger charge is 2.37. The van der Waals surface area contributed by atoms with Crippen molar-refractivity contribution < 1.29 is 13.2 Å². The first-order valence-corrected chi connectivity index (χ1v) is 11.1. The molecule has 134 valence electrons. The minimum Gasteiger partial charge on any atom is -0.354 e. The molecule has 1 aliphatic rings. The third-order valence-electron chi connectivity index (χ3n) is 3.81. The molecule has 0 spiro atoms. The van der Waals surface area contributed by atoms with Crippen molar-refractivity contribution in [1.29, 1.82) is 0 Å². The number of sulfonamides is 1. The first kappa shape index (κ1) is 19.6. The summed E-state index contributed by atoms with van der Waals surface area (Å²) in [6.07, 6.45) is 1.89. The van der Waals surface area contributed by atoms with E-state index in [-0.39, 0.29) is 11.7 Å².